The lowest BCUT2D eigenvalue weighted by molar-refractivity contribution is -0.384. The van der Waals surface area contributed by atoms with Crippen LogP contribution < -0.4 is 10.6 Å². The van der Waals surface area contributed by atoms with Crippen molar-refractivity contribution < 1.29 is 4.92 Å². The van der Waals surface area contributed by atoms with Crippen LogP contribution in [0.25, 0.3) is 0 Å². The van der Waals surface area contributed by atoms with Crippen LogP contribution in [0.15, 0.2) is 22.7 Å². The van der Waals surface area contributed by atoms with E-state index in [1.807, 2.05) is 4.90 Å². The molecule has 0 spiro atoms. The van der Waals surface area contributed by atoms with Crippen LogP contribution in [0.4, 0.5) is 11.4 Å². The molecule has 2 rings (SSSR count). The average molecular weight is 300 g/mol. The molecule has 0 radical (unpaired) electrons. The Kier molecular flexibility index (Phi) is 3.63. The topological polar surface area (TPSA) is 72.4 Å². The standard InChI is InChI=1S/C11H14BrN3O2/c12-8-3-4-10(15(16)17)11(6-8)14-5-1-2-9(14)7-13/h3-4,6,9H,1-2,5,7,13H2. The highest BCUT2D eigenvalue weighted by atomic mass is 79.9. The predicted molar refractivity (Wildman–Crippen MR) is 70.2 cm³/mol. The number of nitrogens with two attached hydrogens (primary N) is 1. The summed E-state index contributed by atoms with van der Waals surface area (Å²) in [5, 5.41) is 11.0. The van der Waals surface area contributed by atoms with E-state index in [9.17, 15) is 10.1 Å². The number of nitrogens with zero attached hydrogens (tertiary/aromatic N) is 2. The van der Waals surface area contributed by atoms with Gasteiger partial charge in [0.15, 0.2) is 0 Å². The van der Waals surface area contributed by atoms with Crippen LogP contribution in [0.5, 0.6) is 0 Å². The van der Waals surface area contributed by atoms with E-state index < -0.39 is 0 Å². The average Bonchev–Trinajstić information content (AvgIpc) is 2.76. The van der Waals surface area contributed by atoms with Gasteiger partial charge in [0.2, 0.25) is 0 Å². The molecule has 0 aliphatic carbocycles. The summed E-state index contributed by atoms with van der Waals surface area (Å²) in [7, 11) is 0. The third-order valence-corrected chi connectivity index (χ3v) is 3.59. The molecule has 1 saturated heterocycles. The molecule has 0 bridgehead atoms. The van der Waals surface area contributed by atoms with Crippen molar-refractivity contribution in [3.05, 3.63) is 32.8 Å². The molecule has 92 valence electrons. The molecule has 0 aromatic heterocycles. The Labute approximate surface area is 108 Å². The van der Waals surface area contributed by atoms with Crippen LogP contribution in [0.1, 0.15) is 12.8 Å². The number of hydrogen-bond donors (Lipinski definition) is 1. The summed E-state index contributed by atoms with van der Waals surface area (Å²) < 4.78 is 0.848. The fourth-order valence-electron chi connectivity index (χ4n) is 2.28. The summed E-state index contributed by atoms with van der Waals surface area (Å²) in [5.41, 5.74) is 6.51. The molecule has 1 heterocycles. The number of anilines is 1. The molecular formula is C11H14BrN3O2. The van der Waals surface area contributed by atoms with Gasteiger partial charge in [-0.25, -0.2) is 0 Å². The first-order valence-corrected chi connectivity index (χ1v) is 6.33. The molecule has 1 atom stereocenters. The zero-order valence-electron chi connectivity index (χ0n) is 9.30. The molecule has 6 heteroatoms. The van der Waals surface area contributed by atoms with Gasteiger partial charge in [-0.15, -0.1) is 0 Å². The third kappa shape index (κ3) is 2.42. The minimum atomic E-state index is -0.340. The Balaban J connectivity index is 2.42. The largest absolute Gasteiger partial charge is 0.362 e. The molecule has 1 aliphatic rings. The Morgan fingerprint density at radius 3 is 3.00 bits per heavy atom. The SMILES string of the molecule is NCC1CCCN1c1cc(Br)ccc1[N+](=O)[O-]. The maximum atomic E-state index is 11.0. The highest BCUT2D eigenvalue weighted by molar-refractivity contribution is 9.10. The van der Waals surface area contributed by atoms with E-state index in [4.69, 9.17) is 5.73 Å². The Morgan fingerprint density at radius 1 is 1.59 bits per heavy atom. The Bertz CT molecular complexity index is 439. The van der Waals surface area contributed by atoms with Gasteiger partial charge in [0.1, 0.15) is 5.69 Å². The van der Waals surface area contributed by atoms with E-state index in [0.717, 1.165) is 23.9 Å². The van der Waals surface area contributed by atoms with Gasteiger partial charge in [-0.2, -0.15) is 0 Å². The summed E-state index contributed by atoms with van der Waals surface area (Å²) in [6.07, 6.45) is 2.03. The van der Waals surface area contributed by atoms with Crippen molar-refractivity contribution in [3.8, 4) is 0 Å². The molecule has 0 saturated carbocycles. The molecule has 17 heavy (non-hydrogen) atoms. The van der Waals surface area contributed by atoms with Crippen molar-refractivity contribution in [2.45, 2.75) is 18.9 Å². The molecule has 1 fully saturated rings. The number of rotatable bonds is 3. The van der Waals surface area contributed by atoms with Crippen LogP contribution in [-0.4, -0.2) is 24.1 Å². The maximum Gasteiger partial charge on any atom is 0.292 e. The minimum Gasteiger partial charge on any atom is -0.362 e. The Hall–Kier alpha value is -1.14. The lowest BCUT2D eigenvalue weighted by Crippen LogP contribution is -2.35. The number of benzene rings is 1. The van der Waals surface area contributed by atoms with Gasteiger partial charge in [0, 0.05) is 29.7 Å². The van der Waals surface area contributed by atoms with Crippen molar-refractivity contribution in [2.24, 2.45) is 5.73 Å². The van der Waals surface area contributed by atoms with E-state index in [0.29, 0.717) is 12.2 Å². The molecular weight excluding hydrogens is 286 g/mol. The first-order valence-electron chi connectivity index (χ1n) is 5.54. The van der Waals surface area contributed by atoms with Crippen LogP contribution in [0, 0.1) is 10.1 Å². The third-order valence-electron chi connectivity index (χ3n) is 3.09. The monoisotopic (exact) mass is 299 g/mol. The van der Waals surface area contributed by atoms with E-state index in [1.54, 1.807) is 12.1 Å². The second-order valence-electron chi connectivity index (χ2n) is 4.12. The van der Waals surface area contributed by atoms with E-state index in [1.165, 1.54) is 6.07 Å². The quantitative estimate of drug-likeness (QED) is 0.686. The van der Waals surface area contributed by atoms with Crippen molar-refractivity contribution in [1.82, 2.24) is 0 Å². The van der Waals surface area contributed by atoms with E-state index in [2.05, 4.69) is 15.9 Å². The second kappa shape index (κ2) is 5.01. The zero-order chi connectivity index (χ0) is 12.4. The highest BCUT2D eigenvalue weighted by Gasteiger charge is 2.28. The van der Waals surface area contributed by atoms with Gasteiger partial charge < -0.3 is 10.6 Å². The van der Waals surface area contributed by atoms with Crippen LogP contribution >= 0.6 is 15.9 Å². The van der Waals surface area contributed by atoms with E-state index >= 15 is 0 Å². The maximum absolute atomic E-state index is 11.0. The normalized spacial score (nSPS) is 19.6. The minimum absolute atomic E-state index is 0.147. The van der Waals surface area contributed by atoms with Gasteiger partial charge >= 0.3 is 0 Å². The highest BCUT2D eigenvalue weighted by Crippen LogP contribution is 2.35. The van der Waals surface area contributed by atoms with Gasteiger partial charge in [0.25, 0.3) is 5.69 Å². The number of hydrogen-bond acceptors (Lipinski definition) is 4. The first kappa shape index (κ1) is 12.3. The summed E-state index contributed by atoms with van der Waals surface area (Å²) in [4.78, 5) is 12.7. The molecule has 1 aromatic carbocycles. The first-order chi connectivity index (χ1) is 8.13. The van der Waals surface area contributed by atoms with Gasteiger partial charge in [0.05, 0.1) is 4.92 Å². The molecule has 2 N–H and O–H groups in total. The predicted octanol–water partition coefficient (Wildman–Crippen LogP) is 2.28. The van der Waals surface area contributed by atoms with Crippen LogP contribution in [0.3, 0.4) is 0 Å². The zero-order valence-corrected chi connectivity index (χ0v) is 10.9. The van der Waals surface area contributed by atoms with Crippen molar-refractivity contribution in [3.63, 3.8) is 0 Å². The number of halogens is 1. The molecule has 0 amide bonds. The van der Waals surface area contributed by atoms with Crippen molar-refractivity contribution in [1.29, 1.82) is 0 Å². The second-order valence-corrected chi connectivity index (χ2v) is 5.03. The molecule has 1 unspecified atom stereocenters. The lowest BCUT2D eigenvalue weighted by Gasteiger charge is -2.25. The summed E-state index contributed by atoms with van der Waals surface area (Å²) in [6, 6.07) is 5.23. The summed E-state index contributed by atoms with van der Waals surface area (Å²) in [5.74, 6) is 0. The van der Waals surface area contributed by atoms with Crippen LogP contribution in [-0.2, 0) is 0 Å². The van der Waals surface area contributed by atoms with Gasteiger partial charge in [-0.05, 0) is 25.0 Å². The fraction of sp³-hybridized carbons (Fsp3) is 0.455. The van der Waals surface area contributed by atoms with Crippen molar-refractivity contribution in [2.75, 3.05) is 18.0 Å². The fourth-order valence-corrected chi connectivity index (χ4v) is 2.63. The number of nitro benzene ring substituents is 1. The van der Waals surface area contributed by atoms with Gasteiger partial charge in [-0.3, -0.25) is 10.1 Å². The number of nitro groups is 1. The lowest BCUT2D eigenvalue weighted by atomic mass is 10.2. The molecule has 1 aliphatic heterocycles. The Morgan fingerprint density at radius 2 is 2.35 bits per heavy atom. The van der Waals surface area contributed by atoms with Gasteiger partial charge in [-0.1, -0.05) is 15.9 Å². The summed E-state index contributed by atoms with van der Waals surface area (Å²) in [6.45, 7) is 1.36. The van der Waals surface area contributed by atoms with Crippen molar-refractivity contribution >= 4 is 27.3 Å². The molecule has 1 aromatic rings. The van der Waals surface area contributed by atoms with Crippen LogP contribution in [0.2, 0.25) is 0 Å². The molecule has 5 nitrogen and oxygen atoms in total. The smallest absolute Gasteiger partial charge is 0.292 e. The van der Waals surface area contributed by atoms with E-state index in [-0.39, 0.29) is 16.7 Å². The summed E-state index contributed by atoms with van der Waals surface area (Å²) >= 11 is 3.35.